The zero-order valence-electron chi connectivity index (χ0n) is 13.4. The number of ether oxygens (including phenoxy) is 2. The third-order valence-electron chi connectivity index (χ3n) is 4.64. The van der Waals surface area contributed by atoms with Crippen molar-refractivity contribution < 1.29 is 14.3 Å². The van der Waals surface area contributed by atoms with E-state index in [4.69, 9.17) is 9.47 Å². The molecule has 1 atom stereocenters. The van der Waals surface area contributed by atoms with Crippen LogP contribution in [0, 0.1) is 0 Å². The van der Waals surface area contributed by atoms with Crippen LogP contribution in [0.3, 0.4) is 0 Å². The highest BCUT2D eigenvalue weighted by atomic mass is 16.5. The van der Waals surface area contributed by atoms with E-state index in [-0.39, 0.29) is 11.9 Å². The van der Waals surface area contributed by atoms with Crippen LogP contribution in [0.1, 0.15) is 30.4 Å². The van der Waals surface area contributed by atoms with Gasteiger partial charge in [-0.1, -0.05) is 6.42 Å². The molecule has 1 amide bonds. The molecule has 0 saturated carbocycles. The first-order valence-corrected chi connectivity index (χ1v) is 7.99. The molecule has 1 N–H and O–H groups in total. The van der Waals surface area contributed by atoms with Gasteiger partial charge in [-0.25, -0.2) is 0 Å². The molecular weight excluding hydrogens is 280 g/mol. The van der Waals surface area contributed by atoms with Crippen molar-refractivity contribution in [2.45, 2.75) is 38.3 Å². The summed E-state index contributed by atoms with van der Waals surface area (Å²) in [5, 5.41) is 3.35. The van der Waals surface area contributed by atoms with Gasteiger partial charge in [-0.05, 0) is 49.1 Å². The highest BCUT2D eigenvalue weighted by molar-refractivity contribution is 5.82. The van der Waals surface area contributed by atoms with Crippen molar-refractivity contribution in [1.82, 2.24) is 10.2 Å². The summed E-state index contributed by atoms with van der Waals surface area (Å²) >= 11 is 0. The van der Waals surface area contributed by atoms with Gasteiger partial charge in [0.1, 0.15) is 0 Å². The van der Waals surface area contributed by atoms with Gasteiger partial charge in [0.25, 0.3) is 0 Å². The van der Waals surface area contributed by atoms with Crippen LogP contribution in [0.15, 0.2) is 12.1 Å². The van der Waals surface area contributed by atoms with E-state index in [0.29, 0.717) is 6.54 Å². The minimum absolute atomic E-state index is 0.00422. The number of nitrogens with one attached hydrogen (secondary N) is 1. The Kier molecular flexibility index (Phi) is 4.52. The number of hydrogen-bond acceptors (Lipinski definition) is 4. The number of fused-ring (bicyclic) bond motifs is 1. The van der Waals surface area contributed by atoms with E-state index in [9.17, 15) is 4.79 Å². The van der Waals surface area contributed by atoms with E-state index < -0.39 is 0 Å². The molecule has 1 saturated heterocycles. The van der Waals surface area contributed by atoms with Crippen LogP contribution in [0.25, 0.3) is 0 Å². The van der Waals surface area contributed by atoms with Crippen molar-refractivity contribution in [3.05, 3.63) is 23.3 Å². The van der Waals surface area contributed by atoms with Crippen LogP contribution in [-0.2, 0) is 17.8 Å². The summed E-state index contributed by atoms with van der Waals surface area (Å²) < 4.78 is 10.7. The first-order chi connectivity index (χ1) is 10.7. The van der Waals surface area contributed by atoms with Crippen molar-refractivity contribution in [2.75, 3.05) is 27.3 Å². The van der Waals surface area contributed by atoms with Crippen LogP contribution in [0.2, 0.25) is 0 Å². The Labute approximate surface area is 131 Å². The molecule has 2 aliphatic rings. The fourth-order valence-electron chi connectivity index (χ4n) is 3.35. The molecule has 120 valence electrons. The number of carbonyl (C=O) groups is 1. The van der Waals surface area contributed by atoms with Crippen LogP contribution >= 0.6 is 0 Å². The van der Waals surface area contributed by atoms with Gasteiger partial charge in [-0.2, -0.15) is 0 Å². The Bertz CT molecular complexity index is 553. The molecule has 0 spiro atoms. The van der Waals surface area contributed by atoms with Crippen LogP contribution in [0.4, 0.5) is 0 Å². The summed E-state index contributed by atoms with van der Waals surface area (Å²) in [5.74, 6) is 1.72. The average Bonchev–Trinajstić information content (AvgIpc) is 2.60. The van der Waals surface area contributed by atoms with Gasteiger partial charge in [0, 0.05) is 13.1 Å². The maximum atomic E-state index is 12.6. The summed E-state index contributed by atoms with van der Waals surface area (Å²) in [6, 6.07) is 4.03. The van der Waals surface area contributed by atoms with E-state index in [2.05, 4.69) is 5.32 Å². The normalized spacial score (nSPS) is 21.2. The molecule has 1 fully saturated rings. The minimum atomic E-state index is -0.00422. The lowest BCUT2D eigenvalue weighted by Gasteiger charge is -2.33. The van der Waals surface area contributed by atoms with Gasteiger partial charge >= 0.3 is 0 Å². The molecule has 2 aliphatic heterocycles. The van der Waals surface area contributed by atoms with Crippen LogP contribution < -0.4 is 14.8 Å². The molecule has 22 heavy (non-hydrogen) atoms. The third kappa shape index (κ3) is 2.90. The van der Waals surface area contributed by atoms with Gasteiger partial charge in [-0.15, -0.1) is 0 Å². The highest BCUT2D eigenvalue weighted by Gasteiger charge is 2.28. The minimum Gasteiger partial charge on any atom is -0.493 e. The monoisotopic (exact) mass is 304 g/mol. The number of rotatable bonds is 3. The van der Waals surface area contributed by atoms with E-state index in [1.54, 1.807) is 14.2 Å². The zero-order chi connectivity index (χ0) is 15.5. The van der Waals surface area contributed by atoms with E-state index in [0.717, 1.165) is 49.4 Å². The molecule has 0 aromatic heterocycles. The van der Waals surface area contributed by atoms with Gasteiger partial charge in [0.05, 0.1) is 20.3 Å². The lowest BCUT2D eigenvalue weighted by molar-refractivity contribution is -0.135. The molecule has 0 radical (unpaired) electrons. The highest BCUT2D eigenvalue weighted by Crippen LogP contribution is 2.33. The Morgan fingerprint density at radius 3 is 2.55 bits per heavy atom. The maximum Gasteiger partial charge on any atom is 0.240 e. The second kappa shape index (κ2) is 6.57. The van der Waals surface area contributed by atoms with E-state index >= 15 is 0 Å². The predicted octanol–water partition coefficient (Wildman–Crippen LogP) is 1.73. The molecule has 0 aliphatic carbocycles. The average molecular weight is 304 g/mol. The van der Waals surface area contributed by atoms with Crippen molar-refractivity contribution in [1.29, 1.82) is 0 Å². The number of piperidine rings is 1. The Hall–Kier alpha value is -1.75. The largest absolute Gasteiger partial charge is 0.493 e. The van der Waals surface area contributed by atoms with Gasteiger partial charge < -0.3 is 19.7 Å². The quantitative estimate of drug-likeness (QED) is 0.924. The summed E-state index contributed by atoms with van der Waals surface area (Å²) in [6.07, 6.45) is 4.13. The fourth-order valence-corrected chi connectivity index (χ4v) is 3.35. The molecule has 5 heteroatoms. The fraction of sp³-hybridized carbons (Fsp3) is 0.588. The lowest BCUT2D eigenvalue weighted by atomic mass is 9.97. The molecular formula is C17H24N2O3. The third-order valence-corrected chi connectivity index (χ3v) is 4.64. The number of amides is 1. The summed E-state index contributed by atoms with van der Waals surface area (Å²) in [6.45, 7) is 2.39. The Balaban J connectivity index is 1.76. The standard InChI is InChI=1S/C17H24N2O3/c1-21-15-9-12-6-8-19(11-13(12)10-16(15)22-2)17(20)14-5-3-4-7-18-14/h9-10,14,18H,3-8,11H2,1-2H3/t14-/m0/s1. The smallest absolute Gasteiger partial charge is 0.240 e. The van der Waals surface area contributed by atoms with Crippen LogP contribution in [0.5, 0.6) is 11.5 Å². The topological polar surface area (TPSA) is 50.8 Å². The predicted molar refractivity (Wildman–Crippen MR) is 84.3 cm³/mol. The maximum absolute atomic E-state index is 12.6. The first-order valence-electron chi connectivity index (χ1n) is 7.99. The van der Waals surface area contributed by atoms with E-state index in [1.165, 1.54) is 12.0 Å². The molecule has 0 bridgehead atoms. The van der Waals surface area contributed by atoms with Crippen molar-refractivity contribution in [2.24, 2.45) is 0 Å². The number of benzene rings is 1. The molecule has 0 unspecified atom stereocenters. The van der Waals surface area contributed by atoms with Crippen LogP contribution in [-0.4, -0.2) is 44.2 Å². The SMILES string of the molecule is COc1cc2c(cc1OC)CN(C(=O)[C@@H]1CCCCN1)CC2. The summed E-state index contributed by atoms with van der Waals surface area (Å²) in [5.41, 5.74) is 2.41. The number of carbonyl (C=O) groups excluding carboxylic acids is 1. The lowest BCUT2D eigenvalue weighted by Crippen LogP contribution is -2.49. The zero-order valence-corrected chi connectivity index (χ0v) is 13.4. The van der Waals surface area contributed by atoms with Gasteiger partial charge in [0.2, 0.25) is 5.91 Å². The Morgan fingerprint density at radius 2 is 1.91 bits per heavy atom. The second-order valence-corrected chi connectivity index (χ2v) is 5.99. The summed E-state index contributed by atoms with van der Waals surface area (Å²) in [7, 11) is 3.29. The molecule has 5 nitrogen and oxygen atoms in total. The number of methoxy groups -OCH3 is 2. The number of hydrogen-bond donors (Lipinski definition) is 1. The molecule has 3 rings (SSSR count). The Morgan fingerprint density at radius 1 is 1.18 bits per heavy atom. The number of nitrogens with zero attached hydrogens (tertiary/aromatic N) is 1. The van der Waals surface area contributed by atoms with Crippen molar-refractivity contribution in [3.63, 3.8) is 0 Å². The molecule has 1 aromatic carbocycles. The van der Waals surface area contributed by atoms with Crippen molar-refractivity contribution >= 4 is 5.91 Å². The summed E-state index contributed by atoms with van der Waals surface area (Å²) in [4.78, 5) is 14.6. The second-order valence-electron chi connectivity index (χ2n) is 5.99. The van der Waals surface area contributed by atoms with Gasteiger partial charge in [0.15, 0.2) is 11.5 Å². The molecule has 1 aromatic rings. The van der Waals surface area contributed by atoms with E-state index in [1.807, 2.05) is 17.0 Å². The first kappa shape index (κ1) is 15.2. The van der Waals surface area contributed by atoms with Gasteiger partial charge in [-0.3, -0.25) is 4.79 Å². The molecule has 2 heterocycles. The van der Waals surface area contributed by atoms with Crippen molar-refractivity contribution in [3.8, 4) is 11.5 Å².